The summed E-state index contributed by atoms with van der Waals surface area (Å²) in [5, 5.41) is 0. The molecule has 27 heavy (non-hydrogen) atoms. The van der Waals surface area contributed by atoms with Crippen LogP contribution in [0.25, 0.3) is 0 Å². The van der Waals surface area contributed by atoms with Gasteiger partial charge in [-0.05, 0) is 48.7 Å². The van der Waals surface area contributed by atoms with E-state index in [1.165, 1.54) is 22.4 Å². The number of piperazine rings is 1. The van der Waals surface area contributed by atoms with Gasteiger partial charge in [0.2, 0.25) is 5.91 Å². The van der Waals surface area contributed by atoms with Gasteiger partial charge in [-0.2, -0.15) is 0 Å². The van der Waals surface area contributed by atoms with Crippen molar-refractivity contribution in [2.45, 2.75) is 19.6 Å². The maximum absolute atomic E-state index is 12.5. The minimum absolute atomic E-state index is 0.245. The third-order valence-corrected chi connectivity index (χ3v) is 6.19. The van der Waals surface area contributed by atoms with Gasteiger partial charge in [0.25, 0.3) is 0 Å². The van der Waals surface area contributed by atoms with E-state index in [1.54, 1.807) is 18.9 Å². The van der Waals surface area contributed by atoms with Gasteiger partial charge in [0.1, 0.15) is 5.75 Å². The van der Waals surface area contributed by atoms with Crippen LogP contribution in [-0.4, -0.2) is 49.8 Å². The normalized spacial score (nSPS) is 14.3. The summed E-state index contributed by atoms with van der Waals surface area (Å²) in [6.45, 7) is 7.74. The lowest BCUT2D eigenvalue weighted by Crippen LogP contribution is -2.49. The van der Waals surface area contributed by atoms with Crippen molar-refractivity contribution in [3.63, 3.8) is 0 Å². The molecule has 1 fully saturated rings. The molecule has 1 amide bonds. The van der Waals surface area contributed by atoms with E-state index in [0.29, 0.717) is 5.75 Å². The zero-order valence-electron chi connectivity index (χ0n) is 16.4. The lowest BCUT2D eigenvalue weighted by molar-refractivity contribution is -0.128. The van der Waals surface area contributed by atoms with Crippen molar-refractivity contribution in [3.05, 3.63) is 59.2 Å². The molecule has 1 aliphatic rings. The van der Waals surface area contributed by atoms with E-state index < -0.39 is 0 Å². The molecule has 0 saturated carbocycles. The summed E-state index contributed by atoms with van der Waals surface area (Å²) in [5.41, 5.74) is 5.18. The molecule has 0 N–H and O–H groups in total. The molecule has 2 aromatic rings. The van der Waals surface area contributed by atoms with Gasteiger partial charge in [0, 0.05) is 37.6 Å². The highest BCUT2D eigenvalue weighted by atomic mass is 32.2. The van der Waals surface area contributed by atoms with E-state index in [4.69, 9.17) is 4.74 Å². The molecule has 0 bridgehead atoms. The number of aryl methyl sites for hydroxylation is 1. The number of hydrogen-bond acceptors (Lipinski definition) is 4. The zero-order chi connectivity index (χ0) is 19.2. The smallest absolute Gasteiger partial charge is 0.232 e. The average molecular weight is 385 g/mol. The SMILES string of the molecule is COc1ccc(CSCC(=O)N2CCN(c3cccc(C)c3C)CC2)cc1. The van der Waals surface area contributed by atoms with Gasteiger partial charge in [0.15, 0.2) is 0 Å². The molecule has 1 saturated heterocycles. The van der Waals surface area contributed by atoms with Crippen LogP contribution in [0, 0.1) is 13.8 Å². The van der Waals surface area contributed by atoms with Gasteiger partial charge in [-0.3, -0.25) is 4.79 Å². The molecule has 0 radical (unpaired) electrons. The van der Waals surface area contributed by atoms with Gasteiger partial charge in [-0.1, -0.05) is 24.3 Å². The Hall–Kier alpha value is -2.14. The van der Waals surface area contributed by atoms with Gasteiger partial charge >= 0.3 is 0 Å². The zero-order valence-corrected chi connectivity index (χ0v) is 17.2. The summed E-state index contributed by atoms with van der Waals surface area (Å²) in [5.74, 6) is 2.49. The fraction of sp³-hybridized carbons (Fsp3) is 0.409. The molecule has 2 aromatic carbocycles. The first-order chi connectivity index (χ1) is 13.1. The van der Waals surface area contributed by atoms with Crippen molar-refractivity contribution in [3.8, 4) is 5.75 Å². The van der Waals surface area contributed by atoms with Crippen molar-refractivity contribution in [2.75, 3.05) is 43.9 Å². The topological polar surface area (TPSA) is 32.8 Å². The summed E-state index contributed by atoms with van der Waals surface area (Å²) in [4.78, 5) is 16.9. The number of carbonyl (C=O) groups is 1. The predicted molar refractivity (Wildman–Crippen MR) is 114 cm³/mol. The largest absolute Gasteiger partial charge is 0.497 e. The summed E-state index contributed by atoms with van der Waals surface area (Å²) < 4.78 is 5.17. The first-order valence-electron chi connectivity index (χ1n) is 9.38. The van der Waals surface area contributed by atoms with Crippen LogP contribution in [-0.2, 0) is 10.5 Å². The maximum atomic E-state index is 12.5. The van der Waals surface area contributed by atoms with E-state index in [9.17, 15) is 4.79 Å². The number of methoxy groups -OCH3 is 1. The monoisotopic (exact) mass is 384 g/mol. The van der Waals surface area contributed by atoms with Gasteiger partial charge in [-0.25, -0.2) is 0 Å². The molecule has 3 rings (SSSR count). The Balaban J connectivity index is 1.45. The molecular weight excluding hydrogens is 356 g/mol. The van der Waals surface area contributed by atoms with E-state index in [-0.39, 0.29) is 5.91 Å². The highest BCUT2D eigenvalue weighted by Crippen LogP contribution is 2.24. The highest BCUT2D eigenvalue weighted by molar-refractivity contribution is 7.99. The van der Waals surface area contributed by atoms with Crippen molar-refractivity contribution in [2.24, 2.45) is 0 Å². The fourth-order valence-corrected chi connectivity index (χ4v) is 4.23. The van der Waals surface area contributed by atoms with Crippen LogP contribution in [0.2, 0.25) is 0 Å². The molecule has 1 aliphatic heterocycles. The quantitative estimate of drug-likeness (QED) is 0.756. The number of nitrogens with zero attached hydrogens (tertiary/aromatic N) is 2. The van der Waals surface area contributed by atoms with E-state index in [1.807, 2.05) is 17.0 Å². The number of amides is 1. The molecule has 0 atom stereocenters. The first-order valence-corrected chi connectivity index (χ1v) is 10.5. The molecule has 0 unspecified atom stereocenters. The number of anilines is 1. The maximum Gasteiger partial charge on any atom is 0.232 e. The lowest BCUT2D eigenvalue weighted by Gasteiger charge is -2.37. The second-order valence-electron chi connectivity index (χ2n) is 6.93. The van der Waals surface area contributed by atoms with E-state index in [0.717, 1.165) is 37.7 Å². The number of ether oxygens (including phenoxy) is 1. The van der Waals surface area contributed by atoms with Gasteiger partial charge in [-0.15, -0.1) is 11.8 Å². The summed E-state index contributed by atoms with van der Waals surface area (Å²) >= 11 is 1.68. The molecule has 4 nitrogen and oxygen atoms in total. The van der Waals surface area contributed by atoms with Crippen molar-refractivity contribution in [1.29, 1.82) is 0 Å². The van der Waals surface area contributed by atoms with E-state index in [2.05, 4.69) is 49.1 Å². The second-order valence-corrected chi connectivity index (χ2v) is 7.91. The Morgan fingerprint density at radius 1 is 1.04 bits per heavy atom. The number of carbonyl (C=O) groups excluding carboxylic acids is 1. The Kier molecular flexibility index (Phi) is 6.67. The number of rotatable bonds is 6. The number of hydrogen-bond donors (Lipinski definition) is 0. The van der Waals surface area contributed by atoms with Crippen molar-refractivity contribution in [1.82, 2.24) is 4.90 Å². The number of thioether (sulfide) groups is 1. The average Bonchev–Trinajstić information content (AvgIpc) is 2.70. The standard InChI is InChI=1S/C22H28N2O2S/c1-17-5-4-6-21(18(17)2)23-11-13-24(14-12-23)22(25)16-27-15-19-7-9-20(26-3)10-8-19/h4-10H,11-16H2,1-3H3. The third-order valence-electron chi connectivity index (χ3n) is 5.20. The first kappa shape index (κ1) is 19.6. The predicted octanol–water partition coefficient (Wildman–Crippen LogP) is 3.89. The van der Waals surface area contributed by atoms with Crippen LogP contribution < -0.4 is 9.64 Å². The van der Waals surface area contributed by atoms with Crippen LogP contribution in [0.4, 0.5) is 5.69 Å². The minimum Gasteiger partial charge on any atom is -0.497 e. The van der Waals surface area contributed by atoms with Gasteiger partial charge in [0.05, 0.1) is 12.9 Å². The second kappa shape index (κ2) is 9.18. The summed E-state index contributed by atoms with van der Waals surface area (Å²) in [6.07, 6.45) is 0. The Labute approximate surface area is 166 Å². The third kappa shape index (κ3) is 4.98. The molecular formula is C22H28N2O2S. The van der Waals surface area contributed by atoms with Crippen molar-refractivity contribution < 1.29 is 9.53 Å². The molecule has 5 heteroatoms. The molecule has 144 valence electrons. The molecule has 1 heterocycles. The molecule has 0 aromatic heterocycles. The van der Waals surface area contributed by atoms with Crippen LogP contribution in [0.5, 0.6) is 5.75 Å². The Morgan fingerprint density at radius 2 is 1.74 bits per heavy atom. The fourth-order valence-electron chi connectivity index (χ4n) is 3.34. The van der Waals surface area contributed by atoms with Crippen LogP contribution in [0.1, 0.15) is 16.7 Å². The highest BCUT2D eigenvalue weighted by Gasteiger charge is 2.22. The van der Waals surface area contributed by atoms with Crippen LogP contribution >= 0.6 is 11.8 Å². The molecule has 0 aliphatic carbocycles. The Morgan fingerprint density at radius 3 is 2.41 bits per heavy atom. The van der Waals surface area contributed by atoms with E-state index >= 15 is 0 Å². The molecule has 0 spiro atoms. The number of benzene rings is 2. The van der Waals surface area contributed by atoms with Crippen LogP contribution in [0.15, 0.2) is 42.5 Å². The van der Waals surface area contributed by atoms with Crippen molar-refractivity contribution >= 4 is 23.4 Å². The summed E-state index contributed by atoms with van der Waals surface area (Å²) in [6, 6.07) is 14.5. The Bertz CT molecular complexity index is 768. The summed E-state index contributed by atoms with van der Waals surface area (Å²) in [7, 11) is 1.67. The lowest BCUT2D eigenvalue weighted by atomic mass is 10.1. The van der Waals surface area contributed by atoms with Crippen LogP contribution in [0.3, 0.4) is 0 Å². The minimum atomic E-state index is 0.245. The van der Waals surface area contributed by atoms with Gasteiger partial charge < -0.3 is 14.5 Å².